The lowest BCUT2D eigenvalue weighted by molar-refractivity contribution is 0.119. The minimum atomic E-state index is 0.710. The van der Waals surface area contributed by atoms with Gasteiger partial charge < -0.3 is 9.80 Å². The Morgan fingerprint density at radius 3 is 2.57 bits per heavy atom. The van der Waals surface area contributed by atoms with Crippen molar-refractivity contribution in [2.45, 2.75) is 25.3 Å². The van der Waals surface area contributed by atoms with E-state index in [4.69, 9.17) is 11.6 Å². The summed E-state index contributed by atoms with van der Waals surface area (Å²) in [6.45, 7) is 6.72. The Labute approximate surface area is 184 Å². The summed E-state index contributed by atoms with van der Waals surface area (Å²) in [4.78, 5) is 12.3. The van der Waals surface area contributed by atoms with Crippen LogP contribution in [0.25, 0.3) is 10.9 Å². The van der Waals surface area contributed by atoms with Gasteiger partial charge in [0, 0.05) is 73.3 Å². The Hall–Kier alpha value is -2.30. The number of anilines is 1. The Balaban J connectivity index is 1.19. The van der Waals surface area contributed by atoms with Gasteiger partial charge in [0.1, 0.15) is 0 Å². The van der Waals surface area contributed by atoms with Gasteiger partial charge in [-0.1, -0.05) is 29.8 Å². The van der Waals surface area contributed by atoms with E-state index >= 15 is 0 Å². The number of rotatable bonds is 3. The Bertz CT molecular complexity index is 980. The highest BCUT2D eigenvalue weighted by Crippen LogP contribution is 2.29. The third kappa shape index (κ3) is 4.12. The van der Waals surface area contributed by atoms with Crippen LogP contribution in [0.1, 0.15) is 19.3 Å². The van der Waals surface area contributed by atoms with Crippen LogP contribution >= 0.6 is 11.6 Å². The normalized spacial score (nSPS) is 21.2. The molecule has 2 fully saturated rings. The maximum atomic E-state index is 6.16. The lowest BCUT2D eigenvalue weighted by Gasteiger charge is -2.44. The second-order valence-corrected chi connectivity index (χ2v) is 8.83. The van der Waals surface area contributed by atoms with E-state index in [1.54, 1.807) is 0 Å². The number of pyridine rings is 1. The number of benzene rings is 1. The number of piperidine rings is 1. The smallest absolute Gasteiger partial charge is 0.0737 e. The molecular weight excluding hydrogens is 392 g/mol. The van der Waals surface area contributed by atoms with E-state index in [0.717, 1.165) is 56.2 Å². The van der Waals surface area contributed by atoms with Crippen molar-refractivity contribution in [2.75, 3.05) is 44.2 Å². The maximum absolute atomic E-state index is 6.16. The van der Waals surface area contributed by atoms with E-state index in [9.17, 15) is 0 Å². The van der Waals surface area contributed by atoms with E-state index in [0.29, 0.717) is 6.04 Å². The summed E-state index contributed by atoms with van der Waals surface area (Å²) >= 11 is 6.16. The number of piperazine rings is 1. The lowest BCUT2D eigenvalue weighted by atomic mass is 10.0. The Morgan fingerprint density at radius 1 is 0.900 bits per heavy atom. The summed E-state index contributed by atoms with van der Waals surface area (Å²) in [6, 6.07) is 8.88. The molecular formula is C25H29ClN4. The molecule has 4 nitrogen and oxygen atoms in total. The summed E-state index contributed by atoms with van der Waals surface area (Å²) in [7, 11) is 0. The van der Waals surface area contributed by atoms with Crippen LogP contribution in [0.2, 0.25) is 5.02 Å². The SMILES string of the molecule is Clc1ccc2c(N3CCN(C4CCN(C5=CC=CCC=C5)CC4)CC3)ccnc2c1. The van der Waals surface area contributed by atoms with Crippen LogP contribution in [0.15, 0.2) is 66.5 Å². The largest absolute Gasteiger partial charge is 0.371 e. The molecule has 1 aromatic heterocycles. The van der Waals surface area contributed by atoms with Crippen LogP contribution in [0.4, 0.5) is 5.69 Å². The molecule has 3 heterocycles. The highest BCUT2D eigenvalue weighted by Gasteiger charge is 2.28. The first-order valence-corrected chi connectivity index (χ1v) is 11.5. The first kappa shape index (κ1) is 19.7. The lowest BCUT2D eigenvalue weighted by Crippen LogP contribution is -2.53. The van der Waals surface area contributed by atoms with Crippen molar-refractivity contribution < 1.29 is 0 Å². The van der Waals surface area contributed by atoms with Crippen LogP contribution in [0, 0.1) is 0 Å². The third-order valence-electron chi connectivity index (χ3n) is 6.65. The molecule has 2 saturated heterocycles. The molecule has 0 N–H and O–H groups in total. The first-order chi connectivity index (χ1) is 14.8. The van der Waals surface area contributed by atoms with Crippen molar-refractivity contribution in [3.8, 4) is 0 Å². The van der Waals surface area contributed by atoms with Crippen LogP contribution in [-0.2, 0) is 0 Å². The number of aromatic nitrogens is 1. The average Bonchev–Trinajstić information content (AvgIpc) is 3.08. The van der Waals surface area contributed by atoms with E-state index in [1.807, 2.05) is 18.3 Å². The molecule has 156 valence electrons. The standard InChI is InChI=1S/C25H29ClN4/c26-20-7-8-23-24(19-20)27-12-9-25(23)30-17-15-29(16-18-30)22-10-13-28(14-11-22)21-5-3-1-2-4-6-21/h1,3-9,12,19,22H,2,10-11,13-18H2. The molecule has 1 aromatic carbocycles. The molecule has 1 aliphatic carbocycles. The number of fused-ring (bicyclic) bond motifs is 1. The van der Waals surface area contributed by atoms with Gasteiger partial charge in [-0.05, 0) is 55.7 Å². The molecule has 0 spiro atoms. The van der Waals surface area contributed by atoms with Crippen LogP contribution in [-0.4, -0.2) is 60.1 Å². The van der Waals surface area contributed by atoms with Gasteiger partial charge >= 0.3 is 0 Å². The second kappa shape index (κ2) is 8.83. The number of likely N-dealkylation sites (tertiary alicyclic amines) is 1. The number of hydrogen-bond acceptors (Lipinski definition) is 4. The summed E-state index contributed by atoms with van der Waals surface area (Å²) in [5.74, 6) is 0. The summed E-state index contributed by atoms with van der Waals surface area (Å²) < 4.78 is 0. The fraction of sp³-hybridized carbons (Fsp3) is 0.400. The molecule has 0 atom stereocenters. The molecule has 2 aliphatic heterocycles. The summed E-state index contributed by atoms with van der Waals surface area (Å²) in [5.41, 5.74) is 3.63. The predicted molar refractivity (Wildman–Crippen MR) is 126 cm³/mol. The molecule has 0 saturated carbocycles. The van der Waals surface area contributed by atoms with Gasteiger partial charge in [0.25, 0.3) is 0 Å². The van der Waals surface area contributed by atoms with Crippen molar-refractivity contribution in [1.29, 1.82) is 0 Å². The first-order valence-electron chi connectivity index (χ1n) is 11.1. The average molecular weight is 421 g/mol. The molecule has 2 aromatic rings. The summed E-state index contributed by atoms with van der Waals surface area (Å²) in [6.07, 6.45) is 16.7. The molecule has 3 aliphatic rings. The molecule has 30 heavy (non-hydrogen) atoms. The second-order valence-electron chi connectivity index (χ2n) is 8.39. The van der Waals surface area contributed by atoms with Gasteiger partial charge in [0.05, 0.1) is 5.52 Å². The van der Waals surface area contributed by atoms with Crippen LogP contribution < -0.4 is 4.90 Å². The van der Waals surface area contributed by atoms with Crippen LogP contribution in [0.3, 0.4) is 0 Å². The molecule has 0 unspecified atom stereocenters. The minimum absolute atomic E-state index is 0.710. The van der Waals surface area contributed by atoms with Gasteiger partial charge in [-0.25, -0.2) is 0 Å². The third-order valence-corrected chi connectivity index (χ3v) is 6.88. The van der Waals surface area contributed by atoms with E-state index in [2.05, 4.69) is 62.2 Å². The van der Waals surface area contributed by atoms with Gasteiger partial charge in [-0.15, -0.1) is 0 Å². The molecule has 0 amide bonds. The van der Waals surface area contributed by atoms with Gasteiger partial charge in [-0.2, -0.15) is 0 Å². The van der Waals surface area contributed by atoms with E-state index < -0.39 is 0 Å². The van der Waals surface area contributed by atoms with Crippen molar-refractivity contribution in [2.24, 2.45) is 0 Å². The zero-order chi connectivity index (χ0) is 20.3. The van der Waals surface area contributed by atoms with Crippen molar-refractivity contribution in [1.82, 2.24) is 14.8 Å². The highest BCUT2D eigenvalue weighted by molar-refractivity contribution is 6.31. The number of nitrogens with zero attached hydrogens (tertiary/aromatic N) is 4. The monoisotopic (exact) mass is 420 g/mol. The highest BCUT2D eigenvalue weighted by atomic mass is 35.5. The molecule has 0 bridgehead atoms. The van der Waals surface area contributed by atoms with E-state index in [-0.39, 0.29) is 0 Å². The summed E-state index contributed by atoms with van der Waals surface area (Å²) in [5, 5.41) is 1.94. The zero-order valence-electron chi connectivity index (χ0n) is 17.4. The molecule has 5 heteroatoms. The zero-order valence-corrected chi connectivity index (χ0v) is 18.1. The topological polar surface area (TPSA) is 22.6 Å². The van der Waals surface area contributed by atoms with Crippen molar-refractivity contribution >= 4 is 28.2 Å². The number of hydrogen-bond donors (Lipinski definition) is 0. The number of halogens is 1. The van der Waals surface area contributed by atoms with Gasteiger partial charge in [-0.3, -0.25) is 9.88 Å². The minimum Gasteiger partial charge on any atom is -0.371 e. The van der Waals surface area contributed by atoms with Crippen molar-refractivity contribution in [3.63, 3.8) is 0 Å². The van der Waals surface area contributed by atoms with Gasteiger partial charge in [0.2, 0.25) is 0 Å². The van der Waals surface area contributed by atoms with E-state index in [1.165, 1.54) is 29.6 Å². The predicted octanol–water partition coefficient (Wildman–Crippen LogP) is 4.87. The fourth-order valence-electron chi connectivity index (χ4n) is 4.98. The van der Waals surface area contributed by atoms with Gasteiger partial charge in [0.15, 0.2) is 0 Å². The van der Waals surface area contributed by atoms with Crippen molar-refractivity contribution in [3.05, 3.63) is 71.6 Å². The Morgan fingerprint density at radius 2 is 1.73 bits per heavy atom. The van der Waals surface area contributed by atoms with Crippen LogP contribution in [0.5, 0.6) is 0 Å². The quantitative estimate of drug-likeness (QED) is 0.706. The maximum Gasteiger partial charge on any atom is 0.0737 e. The molecule has 5 rings (SSSR count). The number of allylic oxidation sites excluding steroid dienone is 5. The Kier molecular flexibility index (Phi) is 5.78. The fourth-order valence-corrected chi connectivity index (χ4v) is 5.14. The molecule has 0 radical (unpaired) electrons.